The van der Waals surface area contributed by atoms with Crippen LogP contribution in [0.15, 0.2) is 47.4 Å². The molecule has 0 aliphatic carbocycles. The minimum absolute atomic E-state index is 0.257. The first-order valence-corrected chi connectivity index (χ1v) is 10.6. The zero-order valence-electron chi connectivity index (χ0n) is 15.7. The summed E-state index contributed by atoms with van der Waals surface area (Å²) in [5.74, 6) is 0.257. The van der Waals surface area contributed by atoms with Gasteiger partial charge < -0.3 is 14.9 Å². The molecule has 0 spiro atoms. The first-order valence-electron chi connectivity index (χ1n) is 8.78. The number of benzene rings is 2. The van der Waals surface area contributed by atoms with E-state index >= 15 is 0 Å². The van der Waals surface area contributed by atoms with Gasteiger partial charge in [0.15, 0.2) is 0 Å². The Balaban J connectivity index is 1.93. The molecule has 0 aromatic heterocycles. The van der Waals surface area contributed by atoms with Crippen molar-refractivity contribution in [3.8, 4) is 11.8 Å². The summed E-state index contributed by atoms with van der Waals surface area (Å²) in [6, 6.07) is 9.17. The largest absolute Gasteiger partial charge is 0.486 e. The van der Waals surface area contributed by atoms with E-state index in [4.69, 9.17) is 16.3 Å². The van der Waals surface area contributed by atoms with Crippen LogP contribution in [0.1, 0.15) is 11.1 Å². The molecule has 2 N–H and O–H groups in total. The first kappa shape index (κ1) is 23.3. The number of aliphatic hydroxyl groups is 2. The van der Waals surface area contributed by atoms with E-state index in [0.29, 0.717) is 23.2 Å². The van der Waals surface area contributed by atoms with E-state index in [0.717, 1.165) is 4.31 Å². The third kappa shape index (κ3) is 4.63. The van der Waals surface area contributed by atoms with Crippen LogP contribution in [0, 0.1) is 11.3 Å². The van der Waals surface area contributed by atoms with Crippen LogP contribution in [-0.2, 0) is 16.2 Å². The molecule has 31 heavy (non-hydrogen) atoms. The van der Waals surface area contributed by atoms with Gasteiger partial charge in [-0.2, -0.15) is 22.7 Å². The molecular formula is C19H16ClF3N2O5S. The van der Waals surface area contributed by atoms with E-state index in [1.165, 1.54) is 30.3 Å². The van der Waals surface area contributed by atoms with Crippen LogP contribution in [0.3, 0.4) is 0 Å². The lowest BCUT2D eigenvalue weighted by Gasteiger charge is -2.27. The van der Waals surface area contributed by atoms with Crippen molar-refractivity contribution in [3.05, 3.63) is 58.6 Å². The zero-order valence-corrected chi connectivity index (χ0v) is 17.2. The van der Waals surface area contributed by atoms with Crippen LogP contribution >= 0.6 is 11.6 Å². The fourth-order valence-corrected chi connectivity index (χ4v) is 4.90. The molecule has 3 rings (SSSR count). The maximum atomic E-state index is 13.0. The molecule has 1 heterocycles. The van der Waals surface area contributed by atoms with Crippen molar-refractivity contribution in [3.63, 3.8) is 0 Å². The van der Waals surface area contributed by atoms with E-state index in [1.54, 1.807) is 0 Å². The Morgan fingerprint density at radius 1 is 1.26 bits per heavy atom. The highest BCUT2D eigenvalue weighted by Crippen LogP contribution is 2.35. The Hall–Kier alpha value is -2.36. The van der Waals surface area contributed by atoms with E-state index < -0.39 is 63.6 Å². The Morgan fingerprint density at radius 2 is 1.90 bits per heavy atom. The summed E-state index contributed by atoms with van der Waals surface area (Å²) in [7, 11) is -4.49. The SMILES string of the molecule is N#Cc1cc(C(F)(F)F)ccc1S(=O)(=O)N1C[C@H](Oc2ccc(Cl)cc2)[C@@](O)(CO)C1. The van der Waals surface area contributed by atoms with Gasteiger partial charge in [-0.05, 0) is 42.5 Å². The molecule has 12 heteroatoms. The first-order chi connectivity index (χ1) is 14.4. The summed E-state index contributed by atoms with van der Waals surface area (Å²) >= 11 is 5.80. The molecule has 0 amide bonds. The number of halogens is 4. The van der Waals surface area contributed by atoms with Crippen LogP contribution < -0.4 is 4.74 Å². The monoisotopic (exact) mass is 476 g/mol. The fraction of sp³-hybridized carbons (Fsp3) is 0.316. The molecule has 0 radical (unpaired) electrons. The molecular weight excluding hydrogens is 461 g/mol. The van der Waals surface area contributed by atoms with E-state index in [9.17, 15) is 37.1 Å². The molecule has 2 atom stereocenters. The summed E-state index contributed by atoms with van der Waals surface area (Å²) in [6.45, 7) is -1.83. The van der Waals surface area contributed by atoms with Gasteiger partial charge in [-0.25, -0.2) is 8.42 Å². The smallest absolute Gasteiger partial charge is 0.416 e. The van der Waals surface area contributed by atoms with Crippen molar-refractivity contribution in [1.82, 2.24) is 4.31 Å². The lowest BCUT2D eigenvalue weighted by Crippen LogP contribution is -2.48. The van der Waals surface area contributed by atoms with Gasteiger partial charge in [0.05, 0.1) is 29.2 Å². The Morgan fingerprint density at radius 3 is 2.45 bits per heavy atom. The van der Waals surface area contributed by atoms with E-state index in [1.807, 2.05) is 0 Å². The van der Waals surface area contributed by atoms with Crippen molar-refractivity contribution in [2.24, 2.45) is 0 Å². The molecule has 1 aliphatic heterocycles. The van der Waals surface area contributed by atoms with E-state index in [-0.39, 0.29) is 5.75 Å². The Labute approximate surface area is 180 Å². The summed E-state index contributed by atoms with van der Waals surface area (Å²) in [5.41, 5.74) is -3.84. The number of hydrogen-bond acceptors (Lipinski definition) is 6. The third-order valence-corrected chi connectivity index (χ3v) is 6.95. The number of sulfonamides is 1. The second-order valence-corrected chi connectivity index (χ2v) is 9.28. The highest BCUT2D eigenvalue weighted by atomic mass is 35.5. The van der Waals surface area contributed by atoms with Crippen molar-refractivity contribution in [2.45, 2.75) is 22.8 Å². The Bertz CT molecular complexity index is 1120. The quantitative estimate of drug-likeness (QED) is 0.685. The molecule has 1 saturated heterocycles. The molecule has 7 nitrogen and oxygen atoms in total. The number of aliphatic hydroxyl groups excluding tert-OH is 1. The van der Waals surface area contributed by atoms with Crippen LogP contribution in [0.4, 0.5) is 13.2 Å². The van der Waals surface area contributed by atoms with Crippen molar-refractivity contribution >= 4 is 21.6 Å². The second kappa shape index (κ2) is 8.29. The molecule has 1 fully saturated rings. The minimum Gasteiger partial charge on any atom is -0.486 e. The average molecular weight is 477 g/mol. The highest BCUT2D eigenvalue weighted by molar-refractivity contribution is 7.89. The minimum atomic E-state index is -4.75. The molecule has 2 aromatic rings. The second-order valence-electron chi connectivity index (χ2n) is 6.94. The molecule has 0 bridgehead atoms. The number of alkyl halides is 3. The summed E-state index contributed by atoms with van der Waals surface area (Å²) < 4.78 is 71.2. The van der Waals surface area contributed by atoms with E-state index in [2.05, 4.69) is 0 Å². The predicted octanol–water partition coefficient (Wildman–Crippen LogP) is 2.41. The normalized spacial score (nSPS) is 22.3. The van der Waals surface area contributed by atoms with Gasteiger partial charge in [-0.1, -0.05) is 11.6 Å². The molecule has 0 unspecified atom stereocenters. The molecule has 2 aromatic carbocycles. The van der Waals surface area contributed by atoms with Crippen LogP contribution in [0.25, 0.3) is 0 Å². The fourth-order valence-electron chi connectivity index (χ4n) is 3.14. The lowest BCUT2D eigenvalue weighted by molar-refractivity contribution is -0.137. The molecule has 0 saturated carbocycles. The molecule has 166 valence electrons. The zero-order chi connectivity index (χ0) is 23.0. The van der Waals surface area contributed by atoms with Gasteiger partial charge in [0.25, 0.3) is 0 Å². The summed E-state index contributed by atoms with van der Waals surface area (Å²) in [5, 5.41) is 30.0. The number of ether oxygens (including phenoxy) is 1. The maximum Gasteiger partial charge on any atom is 0.416 e. The van der Waals surface area contributed by atoms with Gasteiger partial charge in [0, 0.05) is 11.6 Å². The van der Waals surface area contributed by atoms with Gasteiger partial charge in [0.2, 0.25) is 10.0 Å². The van der Waals surface area contributed by atoms with Gasteiger partial charge in [-0.15, -0.1) is 0 Å². The van der Waals surface area contributed by atoms with Crippen molar-refractivity contribution in [2.75, 3.05) is 19.7 Å². The van der Waals surface area contributed by atoms with Crippen LogP contribution in [0.2, 0.25) is 5.02 Å². The number of hydrogen-bond donors (Lipinski definition) is 2. The highest BCUT2D eigenvalue weighted by Gasteiger charge is 2.51. The summed E-state index contributed by atoms with van der Waals surface area (Å²) in [6.07, 6.45) is -5.94. The predicted molar refractivity (Wildman–Crippen MR) is 103 cm³/mol. The lowest BCUT2D eigenvalue weighted by atomic mass is 10.0. The van der Waals surface area contributed by atoms with Gasteiger partial charge in [0.1, 0.15) is 23.5 Å². The number of nitriles is 1. The summed E-state index contributed by atoms with van der Waals surface area (Å²) in [4.78, 5) is -0.643. The van der Waals surface area contributed by atoms with Crippen LogP contribution in [0.5, 0.6) is 5.75 Å². The number of rotatable bonds is 5. The maximum absolute atomic E-state index is 13.0. The topological polar surface area (TPSA) is 111 Å². The van der Waals surface area contributed by atoms with Crippen molar-refractivity contribution in [1.29, 1.82) is 5.26 Å². The number of β-amino-alcohol motifs (C(OH)–C–C–N with tert-alkyl or cyclic N) is 1. The average Bonchev–Trinajstić information content (AvgIpc) is 3.06. The number of nitrogens with zero attached hydrogens (tertiary/aromatic N) is 2. The van der Waals surface area contributed by atoms with Gasteiger partial charge >= 0.3 is 6.18 Å². The Kier molecular flexibility index (Phi) is 6.23. The van der Waals surface area contributed by atoms with Gasteiger partial charge in [-0.3, -0.25) is 0 Å². The standard InChI is InChI=1S/C19H16ClF3N2O5S/c20-14-2-4-15(5-3-14)30-17-9-25(10-18(17,27)11-26)31(28,29)16-6-1-13(19(21,22)23)7-12(16)8-24/h1-7,17,26-27H,9-11H2/t17-,18-/m0/s1. The third-order valence-electron chi connectivity index (χ3n) is 4.83. The van der Waals surface area contributed by atoms with Crippen molar-refractivity contribution < 1.29 is 36.5 Å². The molecule has 1 aliphatic rings. The van der Waals surface area contributed by atoms with Crippen LogP contribution in [-0.4, -0.2) is 54.3 Å².